The Balaban J connectivity index is 1.87. The number of carbonyl (C=O) groups is 2. The number of esters is 1. The summed E-state index contributed by atoms with van der Waals surface area (Å²) in [5.41, 5.74) is 3.15. The van der Waals surface area contributed by atoms with Gasteiger partial charge in [-0.2, -0.15) is 0 Å². The number of nitrogens with one attached hydrogen (secondary N) is 1. The van der Waals surface area contributed by atoms with E-state index in [0.717, 1.165) is 5.56 Å². The summed E-state index contributed by atoms with van der Waals surface area (Å²) in [5.74, 6) is -0.612. The highest BCUT2D eigenvalue weighted by Gasteiger charge is 2.16. The van der Waals surface area contributed by atoms with Crippen LogP contribution in [-0.4, -0.2) is 23.5 Å². The number of carbonyl (C=O) groups excluding carboxylic acids is 2. The molecule has 1 aromatic heterocycles. The number of benzene rings is 2. The first kappa shape index (κ1) is 20.1. The molecule has 0 aliphatic rings. The van der Waals surface area contributed by atoms with Crippen molar-refractivity contribution in [3.8, 4) is 0 Å². The molecule has 3 rings (SSSR count). The standard InChI is InChI=1S/C23H22N2O4/c1-3-29-23(28)19-6-4-8-21(15-19)25(16(2)26)20-11-9-17(10-12-20)14-18-7-5-13-24-22(18)27/h4-13,15H,3,14H2,1-2H3,(H,24,27). The molecule has 1 heterocycles. The van der Waals surface area contributed by atoms with Crippen molar-refractivity contribution in [1.29, 1.82) is 0 Å². The van der Waals surface area contributed by atoms with E-state index >= 15 is 0 Å². The van der Waals surface area contributed by atoms with E-state index < -0.39 is 5.97 Å². The lowest BCUT2D eigenvalue weighted by Crippen LogP contribution is -2.23. The molecule has 6 heteroatoms. The highest BCUT2D eigenvalue weighted by atomic mass is 16.5. The van der Waals surface area contributed by atoms with Crippen LogP contribution in [-0.2, 0) is 16.0 Å². The number of pyridine rings is 1. The van der Waals surface area contributed by atoms with Crippen molar-refractivity contribution in [3.05, 3.63) is 93.9 Å². The molecular weight excluding hydrogens is 368 g/mol. The summed E-state index contributed by atoms with van der Waals surface area (Å²) in [7, 11) is 0. The zero-order valence-electron chi connectivity index (χ0n) is 16.3. The Labute approximate surface area is 168 Å². The molecule has 0 aliphatic carbocycles. The number of rotatable bonds is 6. The van der Waals surface area contributed by atoms with Crippen LogP contribution in [0.25, 0.3) is 0 Å². The molecule has 1 amide bonds. The van der Waals surface area contributed by atoms with E-state index in [1.165, 1.54) is 11.8 Å². The summed E-state index contributed by atoms with van der Waals surface area (Å²) in [5, 5.41) is 0. The number of H-pyrrole nitrogens is 1. The number of ether oxygens (including phenoxy) is 1. The molecule has 0 saturated heterocycles. The van der Waals surface area contributed by atoms with Crippen LogP contribution in [0.15, 0.2) is 71.7 Å². The summed E-state index contributed by atoms with van der Waals surface area (Å²) in [4.78, 5) is 40.4. The van der Waals surface area contributed by atoms with Gasteiger partial charge >= 0.3 is 5.97 Å². The Kier molecular flexibility index (Phi) is 6.24. The molecule has 0 saturated carbocycles. The summed E-state index contributed by atoms with van der Waals surface area (Å²) < 4.78 is 5.04. The molecule has 0 radical (unpaired) electrons. The SMILES string of the molecule is CCOC(=O)c1cccc(N(C(C)=O)c2ccc(Cc3ccc[nH]c3=O)cc2)c1. The van der Waals surface area contributed by atoms with Crippen LogP contribution in [0, 0.1) is 0 Å². The van der Waals surface area contributed by atoms with Gasteiger partial charge in [0.15, 0.2) is 0 Å². The fourth-order valence-corrected chi connectivity index (χ4v) is 3.08. The fourth-order valence-electron chi connectivity index (χ4n) is 3.08. The Morgan fingerprint density at radius 3 is 2.41 bits per heavy atom. The van der Waals surface area contributed by atoms with Crippen molar-refractivity contribution in [2.75, 3.05) is 11.5 Å². The van der Waals surface area contributed by atoms with E-state index in [0.29, 0.717) is 28.9 Å². The number of nitrogens with zero attached hydrogens (tertiary/aromatic N) is 1. The maximum absolute atomic E-state index is 12.3. The molecule has 0 bridgehead atoms. The summed E-state index contributed by atoms with van der Waals surface area (Å²) >= 11 is 0. The average molecular weight is 390 g/mol. The van der Waals surface area contributed by atoms with E-state index in [9.17, 15) is 14.4 Å². The van der Waals surface area contributed by atoms with Crippen LogP contribution in [0.4, 0.5) is 11.4 Å². The van der Waals surface area contributed by atoms with Gasteiger partial charge in [-0.15, -0.1) is 0 Å². The predicted octanol–water partition coefficient (Wildman–Crippen LogP) is 3.83. The van der Waals surface area contributed by atoms with Gasteiger partial charge in [0.05, 0.1) is 12.2 Å². The van der Waals surface area contributed by atoms with Crippen molar-refractivity contribution in [3.63, 3.8) is 0 Å². The number of amides is 1. The molecule has 3 aromatic rings. The molecule has 148 valence electrons. The second-order valence-electron chi connectivity index (χ2n) is 6.49. The van der Waals surface area contributed by atoms with Gasteiger partial charge in [-0.05, 0) is 48.9 Å². The van der Waals surface area contributed by atoms with Crippen molar-refractivity contribution in [2.24, 2.45) is 0 Å². The minimum atomic E-state index is -0.429. The lowest BCUT2D eigenvalue weighted by atomic mass is 10.1. The normalized spacial score (nSPS) is 10.4. The predicted molar refractivity (Wildman–Crippen MR) is 112 cm³/mol. The highest BCUT2D eigenvalue weighted by Crippen LogP contribution is 2.27. The highest BCUT2D eigenvalue weighted by molar-refractivity contribution is 6.00. The number of anilines is 2. The van der Waals surface area contributed by atoms with Gasteiger partial charge in [-0.3, -0.25) is 14.5 Å². The zero-order valence-corrected chi connectivity index (χ0v) is 16.3. The second kappa shape index (κ2) is 9.01. The van der Waals surface area contributed by atoms with Gasteiger partial charge in [-0.25, -0.2) is 4.79 Å². The lowest BCUT2D eigenvalue weighted by molar-refractivity contribution is -0.115. The second-order valence-corrected chi connectivity index (χ2v) is 6.49. The van der Waals surface area contributed by atoms with E-state index in [4.69, 9.17) is 4.74 Å². The van der Waals surface area contributed by atoms with Crippen molar-refractivity contribution >= 4 is 23.3 Å². The topological polar surface area (TPSA) is 79.5 Å². The Morgan fingerprint density at radius 2 is 1.76 bits per heavy atom. The molecule has 6 nitrogen and oxygen atoms in total. The van der Waals surface area contributed by atoms with Gasteiger partial charge in [0.1, 0.15) is 0 Å². The van der Waals surface area contributed by atoms with Crippen LogP contribution < -0.4 is 10.5 Å². The maximum atomic E-state index is 12.3. The van der Waals surface area contributed by atoms with Crippen molar-refractivity contribution in [2.45, 2.75) is 20.3 Å². The third-order valence-corrected chi connectivity index (χ3v) is 4.42. The summed E-state index contributed by atoms with van der Waals surface area (Å²) in [6.45, 7) is 3.49. The smallest absolute Gasteiger partial charge is 0.338 e. The first-order valence-electron chi connectivity index (χ1n) is 9.33. The van der Waals surface area contributed by atoms with Crippen LogP contribution in [0.1, 0.15) is 35.3 Å². The van der Waals surface area contributed by atoms with Crippen LogP contribution in [0.3, 0.4) is 0 Å². The summed E-state index contributed by atoms with van der Waals surface area (Å²) in [6, 6.07) is 17.8. The number of hydrogen-bond acceptors (Lipinski definition) is 4. The van der Waals surface area contributed by atoms with E-state index in [1.54, 1.807) is 49.5 Å². The zero-order chi connectivity index (χ0) is 20.8. The first-order chi connectivity index (χ1) is 14.0. The lowest BCUT2D eigenvalue weighted by Gasteiger charge is -2.22. The number of aromatic nitrogens is 1. The quantitative estimate of drug-likeness (QED) is 0.649. The van der Waals surface area contributed by atoms with Crippen LogP contribution in [0.2, 0.25) is 0 Å². The molecule has 0 fully saturated rings. The third kappa shape index (κ3) is 4.79. The molecule has 0 unspecified atom stereocenters. The van der Waals surface area contributed by atoms with Crippen molar-refractivity contribution in [1.82, 2.24) is 4.98 Å². The first-order valence-corrected chi connectivity index (χ1v) is 9.33. The van der Waals surface area contributed by atoms with Gasteiger partial charge in [0.25, 0.3) is 5.56 Å². The van der Waals surface area contributed by atoms with Crippen LogP contribution >= 0.6 is 0 Å². The molecule has 2 aromatic carbocycles. The molecule has 0 spiro atoms. The Bertz CT molecular complexity index is 1070. The monoisotopic (exact) mass is 390 g/mol. The van der Waals surface area contributed by atoms with Gasteiger partial charge in [0, 0.05) is 36.5 Å². The molecule has 0 atom stereocenters. The van der Waals surface area contributed by atoms with Gasteiger partial charge in [-0.1, -0.05) is 24.3 Å². The maximum Gasteiger partial charge on any atom is 0.338 e. The van der Waals surface area contributed by atoms with E-state index in [1.807, 2.05) is 24.3 Å². The molecule has 29 heavy (non-hydrogen) atoms. The largest absolute Gasteiger partial charge is 0.462 e. The van der Waals surface area contributed by atoms with E-state index in [2.05, 4.69) is 4.98 Å². The number of aromatic amines is 1. The van der Waals surface area contributed by atoms with Gasteiger partial charge < -0.3 is 9.72 Å². The number of hydrogen-bond donors (Lipinski definition) is 1. The van der Waals surface area contributed by atoms with Crippen molar-refractivity contribution < 1.29 is 14.3 Å². The molecule has 1 N–H and O–H groups in total. The minimum Gasteiger partial charge on any atom is -0.462 e. The molecule has 0 aliphatic heterocycles. The Morgan fingerprint density at radius 1 is 1.00 bits per heavy atom. The third-order valence-electron chi connectivity index (χ3n) is 4.42. The summed E-state index contributed by atoms with van der Waals surface area (Å²) in [6.07, 6.45) is 2.10. The average Bonchev–Trinajstić information content (AvgIpc) is 2.71. The Hall–Kier alpha value is -3.67. The molecular formula is C23H22N2O4. The van der Waals surface area contributed by atoms with E-state index in [-0.39, 0.29) is 18.1 Å². The fraction of sp³-hybridized carbons (Fsp3) is 0.174. The van der Waals surface area contributed by atoms with Gasteiger partial charge in [0.2, 0.25) is 5.91 Å². The van der Waals surface area contributed by atoms with Crippen LogP contribution in [0.5, 0.6) is 0 Å². The minimum absolute atomic E-state index is 0.113.